The molecule has 6 rings (SSSR count). The zero-order valence-corrected chi connectivity index (χ0v) is 23.8. The number of rotatable bonds is 3. The lowest BCUT2D eigenvalue weighted by Gasteiger charge is -2.71. The number of epoxide rings is 1. The second kappa shape index (κ2) is 8.09. The molecule has 1 N–H and O–H groups in total. The van der Waals surface area contributed by atoms with E-state index in [0.29, 0.717) is 25.7 Å². The monoisotopic (exact) mass is 544 g/mol. The van der Waals surface area contributed by atoms with Crippen molar-refractivity contribution in [3.63, 3.8) is 0 Å². The lowest BCUT2D eigenvalue weighted by atomic mass is 9.34. The van der Waals surface area contributed by atoms with E-state index in [1.807, 2.05) is 6.07 Å². The molecule has 1 aromatic rings. The first-order valence-electron chi connectivity index (χ1n) is 14.1. The highest BCUT2D eigenvalue weighted by Gasteiger charge is 2.88. The molecule has 0 amide bonds. The number of furan rings is 1. The van der Waals surface area contributed by atoms with Gasteiger partial charge < -0.3 is 28.5 Å². The van der Waals surface area contributed by atoms with Crippen LogP contribution >= 0.6 is 0 Å². The second-order valence-corrected chi connectivity index (χ2v) is 13.8. The molecular formula is C30H40O9. The quantitative estimate of drug-likeness (QED) is 0.340. The van der Waals surface area contributed by atoms with Gasteiger partial charge in [0.2, 0.25) is 0 Å². The molecule has 1 spiro atoms. The molecule has 0 aromatic carbocycles. The van der Waals surface area contributed by atoms with Gasteiger partial charge in [0.15, 0.2) is 6.10 Å². The van der Waals surface area contributed by atoms with Crippen molar-refractivity contribution in [2.75, 3.05) is 0 Å². The highest BCUT2D eigenvalue weighted by atomic mass is 16.7. The van der Waals surface area contributed by atoms with Crippen LogP contribution in [0.15, 0.2) is 23.0 Å². The minimum absolute atomic E-state index is 0.126. The summed E-state index contributed by atoms with van der Waals surface area (Å²) in [6, 6.07) is 1.82. The number of aliphatic hydroxyl groups excluding tert-OH is 1. The van der Waals surface area contributed by atoms with Crippen molar-refractivity contribution in [2.24, 2.45) is 33.5 Å². The SMILES string of the molecule is CC(=O)O[C@H]1C[C@H](OC(C)=O)[C@]2(C)C3CC[C@@]4(C)[C@H](c5ccoc5)OC(=O)[C@H]5O[C@]54[C@]3(C)[C@H](O)C[C@H]2C1(C)C. The molecule has 2 saturated heterocycles. The average Bonchev–Trinajstić information content (AvgIpc) is 3.41. The number of cyclic esters (lactones) is 1. The number of ether oxygens (including phenoxy) is 4. The summed E-state index contributed by atoms with van der Waals surface area (Å²) < 4.78 is 29.7. The van der Waals surface area contributed by atoms with Crippen LogP contribution in [0.2, 0.25) is 0 Å². The number of carbonyl (C=O) groups excluding carboxylic acids is 3. The molecule has 2 aliphatic heterocycles. The van der Waals surface area contributed by atoms with E-state index in [1.165, 1.54) is 13.8 Å². The van der Waals surface area contributed by atoms with Crippen molar-refractivity contribution in [3.8, 4) is 0 Å². The van der Waals surface area contributed by atoms with E-state index in [9.17, 15) is 19.5 Å². The van der Waals surface area contributed by atoms with Gasteiger partial charge in [0.05, 0.1) is 18.6 Å². The van der Waals surface area contributed by atoms with Crippen LogP contribution in [0, 0.1) is 33.5 Å². The molecule has 9 nitrogen and oxygen atoms in total. The maximum absolute atomic E-state index is 13.3. The first kappa shape index (κ1) is 26.8. The van der Waals surface area contributed by atoms with Gasteiger partial charge in [-0.25, -0.2) is 4.79 Å². The van der Waals surface area contributed by atoms with E-state index in [2.05, 4.69) is 34.6 Å². The summed E-state index contributed by atoms with van der Waals surface area (Å²) in [6.45, 7) is 13.3. The van der Waals surface area contributed by atoms with Gasteiger partial charge in [0.25, 0.3) is 0 Å². The largest absolute Gasteiger partial charge is 0.472 e. The Bertz CT molecular complexity index is 1210. The Kier molecular flexibility index (Phi) is 5.56. The predicted octanol–water partition coefficient (Wildman–Crippen LogP) is 4.12. The molecule has 1 unspecified atom stereocenters. The third-order valence-electron chi connectivity index (χ3n) is 11.9. The fraction of sp³-hybridized carbons (Fsp3) is 0.767. The van der Waals surface area contributed by atoms with Crippen molar-refractivity contribution >= 4 is 17.9 Å². The molecule has 5 fully saturated rings. The number of hydrogen-bond donors (Lipinski definition) is 1. The normalized spacial score (nSPS) is 49.3. The standard InChI is InChI=1S/C30H40O9/c1-15(31)36-21-13-22(37-16(2)32)28(6)18-8-10-27(5)23(17-9-11-35-14-17)38-25(34)24-30(27,39-24)29(18,7)20(33)12-19(28)26(21,3)4/h9,11,14,18-24,33H,8,10,12-13H2,1-7H3/t18?,19-,20+,21-,22-,23-,24+,27-,28+,29-,30+/m0/s1. The van der Waals surface area contributed by atoms with Crippen molar-refractivity contribution in [3.05, 3.63) is 24.2 Å². The van der Waals surface area contributed by atoms with Gasteiger partial charge in [0.1, 0.15) is 23.9 Å². The fourth-order valence-electron chi connectivity index (χ4n) is 10.2. The molecule has 1 aromatic heterocycles. The Balaban J connectivity index is 1.49. The van der Waals surface area contributed by atoms with Gasteiger partial charge in [-0.15, -0.1) is 0 Å². The minimum atomic E-state index is -0.953. The Morgan fingerprint density at radius 3 is 2.26 bits per heavy atom. The van der Waals surface area contributed by atoms with Crippen molar-refractivity contribution in [1.82, 2.24) is 0 Å². The summed E-state index contributed by atoms with van der Waals surface area (Å²) in [5, 5.41) is 12.2. The lowest BCUT2D eigenvalue weighted by Crippen LogP contribution is -2.75. The fourth-order valence-corrected chi connectivity index (χ4v) is 10.2. The zero-order valence-electron chi connectivity index (χ0n) is 23.8. The van der Waals surface area contributed by atoms with Crippen molar-refractivity contribution in [2.45, 2.75) is 110 Å². The zero-order chi connectivity index (χ0) is 28.3. The van der Waals surface area contributed by atoms with Crippen LogP contribution in [0.25, 0.3) is 0 Å². The van der Waals surface area contributed by atoms with Crippen LogP contribution < -0.4 is 0 Å². The molecule has 0 bridgehead atoms. The van der Waals surface area contributed by atoms with Crippen LogP contribution in [-0.4, -0.2) is 53.0 Å². The molecule has 0 radical (unpaired) electrons. The second-order valence-electron chi connectivity index (χ2n) is 13.8. The Labute approximate surface area is 228 Å². The molecule has 3 saturated carbocycles. The Morgan fingerprint density at radius 1 is 0.974 bits per heavy atom. The minimum Gasteiger partial charge on any atom is -0.472 e. The van der Waals surface area contributed by atoms with Crippen LogP contribution in [0.1, 0.15) is 85.8 Å². The van der Waals surface area contributed by atoms with Crippen molar-refractivity contribution in [1.29, 1.82) is 0 Å². The summed E-state index contributed by atoms with van der Waals surface area (Å²) in [7, 11) is 0. The van der Waals surface area contributed by atoms with Crippen LogP contribution in [-0.2, 0) is 33.3 Å². The van der Waals surface area contributed by atoms with E-state index < -0.39 is 69.7 Å². The molecular weight excluding hydrogens is 504 g/mol. The smallest absolute Gasteiger partial charge is 0.339 e. The van der Waals surface area contributed by atoms with Crippen molar-refractivity contribution < 1.29 is 42.9 Å². The average molecular weight is 545 g/mol. The Morgan fingerprint density at radius 2 is 1.64 bits per heavy atom. The van der Waals surface area contributed by atoms with E-state index in [4.69, 9.17) is 23.4 Å². The first-order valence-corrected chi connectivity index (χ1v) is 14.1. The summed E-state index contributed by atoms with van der Waals surface area (Å²) in [6.07, 6.45) is 2.18. The van der Waals surface area contributed by atoms with E-state index >= 15 is 0 Å². The maximum Gasteiger partial charge on any atom is 0.339 e. The van der Waals surface area contributed by atoms with E-state index in [1.54, 1.807) is 12.5 Å². The molecule has 9 heteroatoms. The number of hydrogen-bond acceptors (Lipinski definition) is 9. The number of aliphatic hydroxyl groups is 1. The lowest BCUT2D eigenvalue weighted by molar-refractivity contribution is -0.296. The molecule has 3 aliphatic carbocycles. The van der Waals surface area contributed by atoms with Gasteiger partial charge in [-0.1, -0.05) is 34.6 Å². The summed E-state index contributed by atoms with van der Waals surface area (Å²) in [5.74, 6) is -1.47. The molecule has 11 atom stereocenters. The third-order valence-corrected chi connectivity index (χ3v) is 11.9. The molecule has 5 aliphatic rings. The molecule has 214 valence electrons. The van der Waals surface area contributed by atoms with Crippen LogP contribution in [0.3, 0.4) is 0 Å². The van der Waals surface area contributed by atoms with Crippen LogP contribution in [0.4, 0.5) is 0 Å². The van der Waals surface area contributed by atoms with Gasteiger partial charge in [-0.2, -0.15) is 0 Å². The molecule has 39 heavy (non-hydrogen) atoms. The number of fused-ring (bicyclic) bond motifs is 3. The van der Waals surface area contributed by atoms with Gasteiger partial charge in [-0.05, 0) is 37.2 Å². The maximum atomic E-state index is 13.3. The predicted molar refractivity (Wildman–Crippen MR) is 136 cm³/mol. The Hall–Kier alpha value is -2.39. The number of carbonyl (C=O) groups is 3. The van der Waals surface area contributed by atoms with Crippen LogP contribution in [0.5, 0.6) is 0 Å². The summed E-state index contributed by atoms with van der Waals surface area (Å²) in [4.78, 5) is 37.8. The van der Waals surface area contributed by atoms with Gasteiger partial charge >= 0.3 is 17.9 Å². The van der Waals surface area contributed by atoms with Gasteiger partial charge in [0, 0.05) is 47.5 Å². The van der Waals surface area contributed by atoms with E-state index in [0.717, 1.165) is 5.56 Å². The third kappa shape index (κ3) is 3.12. The van der Waals surface area contributed by atoms with E-state index in [-0.39, 0.29) is 17.8 Å². The highest BCUT2D eigenvalue weighted by Crippen LogP contribution is 2.80. The topological polar surface area (TPSA) is 125 Å². The summed E-state index contributed by atoms with van der Waals surface area (Å²) in [5.41, 5.74) is -2.68. The number of esters is 3. The summed E-state index contributed by atoms with van der Waals surface area (Å²) >= 11 is 0. The first-order chi connectivity index (χ1) is 18.2. The molecule has 3 heterocycles. The van der Waals surface area contributed by atoms with Gasteiger partial charge in [-0.3, -0.25) is 9.59 Å². The highest BCUT2D eigenvalue weighted by molar-refractivity contribution is 5.82.